The number of rotatable bonds is 12. The number of primary amides is 1. The number of carbonyl (C=O) groups is 4. The lowest BCUT2D eigenvalue weighted by Crippen LogP contribution is -2.51. The van der Waals surface area contributed by atoms with E-state index in [1.54, 1.807) is 36.2 Å². The van der Waals surface area contributed by atoms with Gasteiger partial charge in [-0.15, -0.1) is 10.1 Å². The van der Waals surface area contributed by atoms with E-state index in [1.165, 1.54) is 0 Å². The summed E-state index contributed by atoms with van der Waals surface area (Å²) in [6.07, 6.45) is -0.589. The van der Waals surface area contributed by atoms with Crippen LogP contribution < -0.4 is 27.4 Å². The number of amides is 5. The van der Waals surface area contributed by atoms with Crippen LogP contribution in [-0.4, -0.2) is 69.4 Å². The lowest BCUT2D eigenvalue weighted by Gasteiger charge is -2.29. The highest BCUT2D eigenvalue weighted by atomic mass is 16.4. The summed E-state index contributed by atoms with van der Waals surface area (Å²) in [6, 6.07) is 13.8. The Morgan fingerprint density at radius 2 is 1.64 bits per heavy atom. The quantitative estimate of drug-likeness (QED) is 0.206. The molecule has 0 aromatic heterocycles. The van der Waals surface area contributed by atoms with E-state index in [0.717, 1.165) is 10.6 Å². The molecular formula is C28H37N9O5. The maximum atomic E-state index is 13.1. The molecule has 5 amide bonds. The predicted octanol–water partition coefficient (Wildman–Crippen LogP) is 2.03. The van der Waals surface area contributed by atoms with Gasteiger partial charge in [0.05, 0.1) is 12.6 Å². The van der Waals surface area contributed by atoms with Crippen molar-refractivity contribution >= 4 is 41.3 Å². The number of carbonyl (C=O) groups excluding carboxylic acids is 3. The summed E-state index contributed by atoms with van der Waals surface area (Å²) in [6.45, 7) is 5.70. The van der Waals surface area contributed by atoms with Gasteiger partial charge in [-0.05, 0) is 43.4 Å². The molecular weight excluding hydrogens is 542 g/mol. The molecule has 0 fully saturated rings. The fourth-order valence-corrected chi connectivity index (χ4v) is 4.02. The van der Waals surface area contributed by atoms with Crippen molar-refractivity contribution in [2.45, 2.75) is 52.2 Å². The first kappa shape index (κ1) is 31.5. The van der Waals surface area contributed by atoms with Crippen molar-refractivity contribution < 1.29 is 24.3 Å². The van der Waals surface area contributed by atoms with E-state index in [2.05, 4.69) is 26.2 Å². The van der Waals surface area contributed by atoms with Crippen LogP contribution in [0, 0.1) is 5.92 Å². The van der Waals surface area contributed by atoms with Gasteiger partial charge in [0.15, 0.2) is 11.7 Å². The van der Waals surface area contributed by atoms with Crippen LogP contribution in [0.3, 0.4) is 0 Å². The number of benzene rings is 2. The summed E-state index contributed by atoms with van der Waals surface area (Å²) >= 11 is 0. The maximum Gasteiger partial charge on any atom is 0.434 e. The molecule has 3 rings (SSSR count). The largest absolute Gasteiger partial charge is 0.463 e. The second-order valence-electron chi connectivity index (χ2n) is 10.0. The first-order valence-corrected chi connectivity index (χ1v) is 13.4. The fourth-order valence-electron chi connectivity index (χ4n) is 4.02. The Balaban J connectivity index is 1.71. The van der Waals surface area contributed by atoms with E-state index in [4.69, 9.17) is 11.5 Å². The zero-order valence-electron chi connectivity index (χ0n) is 23.8. The molecule has 0 spiro atoms. The van der Waals surface area contributed by atoms with E-state index in [9.17, 15) is 24.3 Å². The minimum atomic E-state index is -1.24. The van der Waals surface area contributed by atoms with Gasteiger partial charge in [-0.25, -0.2) is 14.6 Å². The molecule has 2 aromatic carbocycles. The van der Waals surface area contributed by atoms with Crippen molar-refractivity contribution in [2.75, 3.05) is 11.9 Å². The third-order valence-corrected chi connectivity index (χ3v) is 6.40. The van der Waals surface area contributed by atoms with Crippen LogP contribution in [0.4, 0.5) is 15.3 Å². The van der Waals surface area contributed by atoms with E-state index >= 15 is 0 Å². The molecule has 2 unspecified atom stereocenters. The Labute approximate surface area is 243 Å². The molecule has 0 saturated carbocycles. The minimum Gasteiger partial charge on any atom is -0.463 e. The van der Waals surface area contributed by atoms with Crippen molar-refractivity contribution in [2.24, 2.45) is 27.6 Å². The van der Waals surface area contributed by atoms with Crippen molar-refractivity contribution in [3.05, 3.63) is 65.7 Å². The number of hydrazone groups is 2. The first-order chi connectivity index (χ1) is 20.0. The van der Waals surface area contributed by atoms with Gasteiger partial charge in [0.25, 0.3) is 0 Å². The van der Waals surface area contributed by atoms with Gasteiger partial charge in [-0.3, -0.25) is 9.59 Å². The van der Waals surface area contributed by atoms with Crippen LogP contribution >= 0.6 is 0 Å². The molecule has 224 valence electrons. The van der Waals surface area contributed by atoms with Crippen molar-refractivity contribution in [3.8, 4) is 0 Å². The Morgan fingerprint density at radius 1 is 0.976 bits per heavy atom. The van der Waals surface area contributed by atoms with Crippen LogP contribution in [0.1, 0.15) is 44.7 Å². The second kappa shape index (κ2) is 14.6. The normalized spacial score (nSPS) is 14.4. The SMILES string of the molecule is CC1=NN(Cc2ccc(NC(=O)C(CCCNC(N)=O)NC(=O)C(N)C(C)C)cc2)C(c2ccccc2)=NN1C(=O)O. The first-order valence-electron chi connectivity index (χ1n) is 13.4. The van der Waals surface area contributed by atoms with Crippen LogP contribution in [0.25, 0.3) is 0 Å². The molecule has 1 aliphatic rings. The zero-order valence-corrected chi connectivity index (χ0v) is 23.8. The van der Waals surface area contributed by atoms with Gasteiger partial charge in [-0.1, -0.05) is 56.3 Å². The highest BCUT2D eigenvalue weighted by molar-refractivity contribution is 6.04. The van der Waals surface area contributed by atoms with Gasteiger partial charge >= 0.3 is 12.1 Å². The summed E-state index contributed by atoms with van der Waals surface area (Å²) in [4.78, 5) is 48.3. The van der Waals surface area contributed by atoms with Crippen LogP contribution in [0.2, 0.25) is 0 Å². The van der Waals surface area contributed by atoms with Gasteiger partial charge in [0.2, 0.25) is 11.8 Å². The molecule has 14 nitrogen and oxygen atoms in total. The van der Waals surface area contributed by atoms with Crippen LogP contribution in [0.15, 0.2) is 64.8 Å². The van der Waals surface area contributed by atoms with Gasteiger partial charge in [-0.2, -0.15) is 5.10 Å². The third-order valence-electron chi connectivity index (χ3n) is 6.40. The summed E-state index contributed by atoms with van der Waals surface area (Å²) in [5.74, 6) is -0.439. The summed E-state index contributed by atoms with van der Waals surface area (Å²) in [5, 5.41) is 28.7. The van der Waals surface area contributed by atoms with Gasteiger partial charge in [0, 0.05) is 17.8 Å². The molecule has 14 heteroatoms. The molecule has 2 atom stereocenters. The number of hydrogen-bond donors (Lipinski definition) is 6. The Hall–Kier alpha value is -4.98. The number of nitrogens with zero attached hydrogens (tertiary/aromatic N) is 4. The number of anilines is 1. The minimum absolute atomic E-state index is 0.120. The van der Waals surface area contributed by atoms with Crippen LogP contribution in [-0.2, 0) is 16.1 Å². The lowest BCUT2D eigenvalue weighted by atomic mass is 10.0. The fraction of sp³-hybridized carbons (Fsp3) is 0.357. The molecule has 0 aliphatic carbocycles. The Bertz CT molecular complexity index is 1330. The molecule has 0 bridgehead atoms. The molecule has 2 aromatic rings. The monoisotopic (exact) mass is 579 g/mol. The van der Waals surface area contributed by atoms with E-state index in [0.29, 0.717) is 23.5 Å². The van der Waals surface area contributed by atoms with Crippen LogP contribution in [0.5, 0.6) is 0 Å². The highest BCUT2D eigenvalue weighted by Gasteiger charge is 2.27. The smallest absolute Gasteiger partial charge is 0.434 e. The molecule has 0 radical (unpaired) electrons. The maximum absolute atomic E-state index is 13.1. The zero-order chi connectivity index (χ0) is 30.8. The molecule has 8 N–H and O–H groups in total. The second-order valence-corrected chi connectivity index (χ2v) is 10.0. The summed E-state index contributed by atoms with van der Waals surface area (Å²) in [7, 11) is 0. The van der Waals surface area contributed by atoms with Gasteiger partial charge < -0.3 is 32.5 Å². The number of nitrogens with two attached hydrogens (primary N) is 2. The number of amidine groups is 2. The molecule has 1 heterocycles. The number of nitrogens with one attached hydrogen (secondary N) is 3. The van der Waals surface area contributed by atoms with Crippen molar-refractivity contribution in [3.63, 3.8) is 0 Å². The summed E-state index contributed by atoms with van der Waals surface area (Å²) in [5.41, 5.74) is 13.1. The molecule has 42 heavy (non-hydrogen) atoms. The highest BCUT2D eigenvalue weighted by Crippen LogP contribution is 2.19. The topological polar surface area (TPSA) is 208 Å². The molecule has 0 saturated heterocycles. The Morgan fingerprint density at radius 3 is 2.24 bits per heavy atom. The average molecular weight is 580 g/mol. The van der Waals surface area contributed by atoms with Gasteiger partial charge in [0.1, 0.15) is 6.04 Å². The van der Waals surface area contributed by atoms with Crippen molar-refractivity contribution in [1.29, 1.82) is 0 Å². The lowest BCUT2D eigenvalue weighted by molar-refractivity contribution is -0.128. The summed E-state index contributed by atoms with van der Waals surface area (Å²) < 4.78 is 0. The average Bonchev–Trinajstić information content (AvgIpc) is 2.95. The van der Waals surface area contributed by atoms with E-state index in [-0.39, 0.29) is 31.3 Å². The van der Waals surface area contributed by atoms with E-state index < -0.39 is 36.0 Å². The third kappa shape index (κ3) is 8.76. The number of urea groups is 1. The van der Waals surface area contributed by atoms with Crippen molar-refractivity contribution in [1.82, 2.24) is 20.7 Å². The Kier molecular flexibility index (Phi) is 11.0. The standard InChI is InChI=1S/C28H37N9O5/c1-17(2)23(29)26(39)33-22(10-7-15-31-27(30)40)25(38)32-21-13-11-19(12-14-21)16-36-24(20-8-5-4-6-9-20)35-37(28(41)42)18(3)34-36/h4-6,8-9,11-14,17,22-23H,7,10,15-16,29H2,1-3H3,(H,32,38)(H,33,39)(H,41,42)(H3,30,31,40). The number of carboxylic acid groups (broad SMARTS) is 1. The molecule has 1 aliphatic heterocycles. The predicted molar refractivity (Wildman–Crippen MR) is 158 cm³/mol. The van der Waals surface area contributed by atoms with E-state index in [1.807, 2.05) is 44.2 Å². The number of hydrogen-bond acceptors (Lipinski definition) is 8.